The van der Waals surface area contributed by atoms with Crippen molar-refractivity contribution in [1.29, 1.82) is 0 Å². The third-order valence-electron chi connectivity index (χ3n) is 5.19. The summed E-state index contributed by atoms with van der Waals surface area (Å²) in [5.74, 6) is 0. The van der Waals surface area contributed by atoms with Crippen LogP contribution in [-0.2, 0) is 10.8 Å². The number of hydrogen-bond acceptors (Lipinski definition) is 2. The third kappa shape index (κ3) is 3.81. The molecule has 0 spiro atoms. The molecule has 0 saturated carbocycles. The van der Waals surface area contributed by atoms with Crippen LogP contribution >= 0.6 is 11.8 Å². The van der Waals surface area contributed by atoms with E-state index in [0.717, 1.165) is 6.54 Å². The first-order valence-electron chi connectivity index (χ1n) is 9.85. The standard InChI is InChI=1S/C24H33NS/c1-8-9-14-25-19-12-10-17(23(2,3)4)15-21(19)26-22-16-18(24(5,6)7)11-13-20(22)25/h10-13,15-16H,8-9,14H2,1-7H3. The Morgan fingerprint density at radius 3 is 1.62 bits per heavy atom. The van der Waals surface area contributed by atoms with Gasteiger partial charge in [0.1, 0.15) is 0 Å². The highest BCUT2D eigenvalue weighted by molar-refractivity contribution is 7.99. The quantitative estimate of drug-likeness (QED) is 0.547. The molecule has 0 fully saturated rings. The minimum absolute atomic E-state index is 0.178. The maximum absolute atomic E-state index is 2.53. The summed E-state index contributed by atoms with van der Waals surface area (Å²) in [7, 11) is 0. The fraction of sp³-hybridized carbons (Fsp3) is 0.500. The predicted molar refractivity (Wildman–Crippen MR) is 116 cm³/mol. The minimum Gasteiger partial charge on any atom is -0.340 e. The van der Waals surface area contributed by atoms with Gasteiger partial charge in [-0.25, -0.2) is 0 Å². The highest BCUT2D eigenvalue weighted by Crippen LogP contribution is 2.50. The molecule has 0 amide bonds. The molecule has 1 nitrogen and oxygen atoms in total. The molecular formula is C24H33NS. The summed E-state index contributed by atoms with van der Waals surface area (Å²) in [5.41, 5.74) is 5.92. The minimum atomic E-state index is 0.178. The maximum Gasteiger partial charge on any atom is 0.0553 e. The van der Waals surface area contributed by atoms with Gasteiger partial charge in [0, 0.05) is 16.3 Å². The average Bonchev–Trinajstić information content (AvgIpc) is 2.56. The largest absolute Gasteiger partial charge is 0.340 e. The fourth-order valence-corrected chi connectivity index (χ4v) is 4.55. The van der Waals surface area contributed by atoms with Crippen molar-refractivity contribution in [3.8, 4) is 0 Å². The average molecular weight is 368 g/mol. The molecule has 2 aromatic carbocycles. The lowest BCUT2D eigenvalue weighted by Crippen LogP contribution is -2.23. The van der Waals surface area contributed by atoms with Crippen molar-refractivity contribution < 1.29 is 0 Å². The zero-order chi connectivity index (χ0) is 19.1. The van der Waals surface area contributed by atoms with Gasteiger partial charge in [-0.15, -0.1) is 0 Å². The summed E-state index contributed by atoms with van der Waals surface area (Å²) in [4.78, 5) is 5.32. The van der Waals surface area contributed by atoms with E-state index >= 15 is 0 Å². The Labute approximate surface area is 164 Å². The van der Waals surface area contributed by atoms with Crippen LogP contribution in [-0.4, -0.2) is 6.54 Å². The lowest BCUT2D eigenvalue weighted by Gasteiger charge is -2.35. The van der Waals surface area contributed by atoms with Gasteiger partial charge in [-0.05, 0) is 52.6 Å². The maximum atomic E-state index is 2.53. The number of fused-ring (bicyclic) bond motifs is 2. The smallest absolute Gasteiger partial charge is 0.0553 e. The summed E-state index contributed by atoms with van der Waals surface area (Å²) in [6.45, 7) is 17.1. The lowest BCUT2D eigenvalue weighted by molar-refractivity contribution is 0.588. The molecule has 0 bridgehead atoms. The number of unbranched alkanes of at least 4 members (excludes halogenated alkanes) is 1. The Hall–Kier alpha value is -1.41. The van der Waals surface area contributed by atoms with E-state index < -0.39 is 0 Å². The van der Waals surface area contributed by atoms with Crippen molar-refractivity contribution in [2.45, 2.75) is 81.9 Å². The van der Waals surface area contributed by atoms with E-state index in [1.807, 2.05) is 11.8 Å². The SMILES string of the molecule is CCCCN1c2ccc(C(C)(C)C)cc2Sc2cc(C(C)(C)C)ccc21. The van der Waals surface area contributed by atoms with Crippen LogP contribution in [0.25, 0.3) is 0 Å². The molecule has 2 aromatic rings. The first-order chi connectivity index (χ1) is 12.1. The Bertz CT molecular complexity index is 729. The summed E-state index contributed by atoms with van der Waals surface area (Å²) in [6.07, 6.45) is 2.43. The van der Waals surface area contributed by atoms with Gasteiger partial charge >= 0.3 is 0 Å². The van der Waals surface area contributed by atoms with Crippen LogP contribution in [0.4, 0.5) is 11.4 Å². The zero-order valence-corrected chi connectivity index (χ0v) is 18.3. The van der Waals surface area contributed by atoms with Crippen LogP contribution in [0.5, 0.6) is 0 Å². The van der Waals surface area contributed by atoms with Crippen LogP contribution < -0.4 is 4.90 Å². The molecule has 1 aliphatic rings. The first kappa shape index (κ1) is 19.4. The fourth-order valence-electron chi connectivity index (χ4n) is 3.38. The van der Waals surface area contributed by atoms with E-state index in [2.05, 4.69) is 89.8 Å². The molecule has 0 N–H and O–H groups in total. The molecule has 3 rings (SSSR count). The van der Waals surface area contributed by atoms with E-state index in [1.54, 1.807) is 0 Å². The van der Waals surface area contributed by atoms with Gasteiger partial charge in [-0.2, -0.15) is 0 Å². The molecule has 2 heteroatoms. The number of anilines is 2. The molecule has 0 saturated heterocycles. The third-order valence-corrected chi connectivity index (χ3v) is 6.28. The predicted octanol–water partition coefficient (Wildman–Crippen LogP) is 7.68. The highest BCUT2D eigenvalue weighted by atomic mass is 32.2. The van der Waals surface area contributed by atoms with E-state index in [4.69, 9.17) is 0 Å². The Kier molecular flexibility index (Phi) is 5.18. The highest BCUT2D eigenvalue weighted by Gasteiger charge is 2.26. The summed E-state index contributed by atoms with van der Waals surface area (Å²) in [5, 5.41) is 0. The molecule has 1 heterocycles. The second kappa shape index (κ2) is 6.96. The Morgan fingerprint density at radius 1 is 0.769 bits per heavy atom. The van der Waals surface area contributed by atoms with Crippen molar-refractivity contribution in [2.24, 2.45) is 0 Å². The van der Waals surface area contributed by atoms with Gasteiger partial charge in [-0.3, -0.25) is 0 Å². The van der Waals surface area contributed by atoms with Crippen LogP contribution in [0.3, 0.4) is 0 Å². The van der Waals surface area contributed by atoms with Gasteiger partial charge in [0.15, 0.2) is 0 Å². The summed E-state index contributed by atoms with van der Waals surface area (Å²) in [6, 6.07) is 14.1. The molecule has 0 radical (unpaired) electrons. The number of benzene rings is 2. The molecule has 1 aliphatic heterocycles. The Balaban J connectivity index is 2.09. The number of rotatable bonds is 3. The molecule has 0 unspecified atom stereocenters. The molecule has 0 aliphatic carbocycles. The van der Waals surface area contributed by atoms with Gasteiger partial charge in [0.05, 0.1) is 11.4 Å². The first-order valence-corrected chi connectivity index (χ1v) is 10.7. The monoisotopic (exact) mass is 367 g/mol. The van der Waals surface area contributed by atoms with Crippen molar-refractivity contribution in [1.82, 2.24) is 0 Å². The van der Waals surface area contributed by atoms with E-state index in [1.165, 1.54) is 45.1 Å². The second-order valence-electron chi connectivity index (χ2n) is 9.47. The number of hydrogen-bond donors (Lipinski definition) is 0. The molecular weight excluding hydrogens is 334 g/mol. The second-order valence-corrected chi connectivity index (χ2v) is 10.6. The molecule has 0 atom stereocenters. The lowest BCUT2D eigenvalue weighted by atomic mass is 9.86. The van der Waals surface area contributed by atoms with Crippen LogP contribution in [0.1, 0.15) is 72.4 Å². The van der Waals surface area contributed by atoms with Crippen molar-refractivity contribution in [3.05, 3.63) is 47.5 Å². The zero-order valence-electron chi connectivity index (χ0n) is 17.4. The Morgan fingerprint density at radius 2 is 1.23 bits per heavy atom. The normalized spacial score (nSPS) is 14.2. The topological polar surface area (TPSA) is 3.24 Å². The van der Waals surface area contributed by atoms with Crippen LogP contribution in [0.15, 0.2) is 46.2 Å². The van der Waals surface area contributed by atoms with Gasteiger partial charge in [0.25, 0.3) is 0 Å². The molecule has 26 heavy (non-hydrogen) atoms. The van der Waals surface area contributed by atoms with Crippen molar-refractivity contribution in [2.75, 3.05) is 11.4 Å². The van der Waals surface area contributed by atoms with E-state index in [9.17, 15) is 0 Å². The van der Waals surface area contributed by atoms with Crippen molar-refractivity contribution >= 4 is 23.1 Å². The molecule has 0 aromatic heterocycles. The van der Waals surface area contributed by atoms with E-state index in [-0.39, 0.29) is 10.8 Å². The van der Waals surface area contributed by atoms with Gasteiger partial charge in [0.2, 0.25) is 0 Å². The van der Waals surface area contributed by atoms with Gasteiger partial charge in [-0.1, -0.05) is 78.8 Å². The number of nitrogens with zero attached hydrogens (tertiary/aromatic N) is 1. The van der Waals surface area contributed by atoms with Gasteiger partial charge < -0.3 is 4.90 Å². The summed E-state index contributed by atoms with van der Waals surface area (Å²) >= 11 is 1.94. The van der Waals surface area contributed by atoms with Crippen molar-refractivity contribution in [3.63, 3.8) is 0 Å². The molecule has 140 valence electrons. The summed E-state index contributed by atoms with van der Waals surface area (Å²) < 4.78 is 0. The van der Waals surface area contributed by atoms with E-state index in [0.29, 0.717) is 0 Å². The van der Waals surface area contributed by atoms with Crippen LogP contribution in [0.2, 0.25) is 0 Å². The van der Waals surface area contributed by atoms with Crippen LogP contribution in [0, 0.1) is 0 Å².